The average Bonchev–Trinajstić information content (AvgIpc) is 2.97. The van der Waals surface area contributed by atoms with Gasteiger partial charge in [-0.2, -0.15) is 0 Å². The van der Waals surface area contributed by atoms with Crippen LogP contribution in [0.2, 0.25) is 0 Å². The Morgan fingerprint density at radius 1 is 1.33 bits per heavy atom. The molecular weight excluding hydrogens is 290 g/mol. The molecule has 0 atom stereocenters. The summed E-state index contributed by atoms with van der Waals surface area (Å²) in [6.07, 6.45) is 0.891. The lowest BCUT2D eigenvalue weighted by Gasteiger charge is -2.17. The zero-order chi connectivity index (χ0) is 15.7. The molecule has 0 saturated carbocycles. The van der Waals surface area contributed by atoms with Gasteiger partial charge in [0.1, 0.15) is 5.69 Å². The van der Waals surface area contributed by atoms with E-state index in [0.717, 1.165) is 37.4 Å². The van der Waals surface area contributed by atoms with Gasteiger partial charge in [-0.05, 0) is 33.0 Å². The van der Waals surface area contributed by atoms with Crippen LogP contribution in [0.25, 0.3) is 0 Å². The second-order valence-electron chi connectivity index (χ2n) is 4.39. The number of ether oxygens (including phenoxy) is 1. The fourth-order valence-electron chi connectivity index (χ4n) is 1.80. The summed E-state index contributed by atoms with van der Waals surface area (Å²) in [4.78, 5) is 29.7. The van der Waals surface area contributed by atoms with Crippen LogP contribution >= 0.6 is 11.3 Å². The summed E-state index contributed by atoms with van der Waals surface area (Å²) >= 11 is 1.12. The maximum Gasteiger partial charge on any atom is 0.367 e. The molecule has 1 aromatic heterocycles. The molecule has 0 aromatic carbocycles. The summed E-state index contributed by atoms with van der Waals surface area (Å²) in [6.45, 7) is 9.85. The first-order chi connectivity index (χ1) is 10.1. The van der Waals surface area contributed by atoms with Crippen LogP contribution in [0, 0.1) is 0 Å². The Morgan fingerprint density at radius 3 is 2.67 bits per heavy atom. The molecule has 1 aromatic rings. The highest BCUT2D eigenvalue weighted by molar-refractivity contribution is 7.11. The predicted octanol–water partition coefficient (Wildman–Crippen LogP) is 1.78. The molecule has 6 nitrogen and oxygen atoms in total. The first-order valence-electron chi connectivity index (χ1n) is 7.25. The van der Waals surface area contributed by atoms with E-state index in [-0.39, 0.29) is 16.6 Å². The number of amides is 1. The quantitative estimate of drug-likeness (QED) is 0.556. The number of hydrogen-bond donors (Lipinski definition) is 1. The lowest BCUT2D eigenvalue weighted by atomic mass is 10.3. The van der Waals surface area contributed by atoms with Crippen molar-refractivity contribution in [2.24, 2.45) is 0 Å². The van der Waals surface area contributed by atoms with E-state index < -0.39 is 5.97 Å². The molecule has 21 heavy (non-hydrogen) atoms. The van der Waals surface area contributed by atoms with Gasteiger partial charge in [0, 0.05) is 11.9 Å². The molecule has 0 aliphatic rings. The molecule has 0 unspecified atom stereocenters. The minimum Gasteiger partial charge on any atom is -0.461 e. The number of carbonyl (C=O) groups excluding carboxylic acids is 2. The van der Waals surface area contributed by atoms with E-state index in [0.29, 0.717) is 13.2 Å². The lowest BCUT2D eigenvalue weighted by molar-refractivity contribution is 0.0526. The number of nitrogens with zero attached hydrogens (tertiary/aromatic N) is 2. The Labute approximate surface area is 129 Å². The van der Waals surface area contributed by atoms with E-state index in [1.807, 2.05) is 0 Å². The zero-order valence-electron chi connectivity index (χ0n) is 12.8. The van der Waals surface area contributed by atoms with Gasteiger partial charge in [-0.3, -0.25) is 4.79 Å². The number of esters is 1. The lowest BCUT2D eigenvalue weighted by Crippen LogP contribution is -2.30. The Morgan fingerprint density at radius 2 is 2.05 bits per heavy atom. The van der Waals surface area contributed by atoms with Crippen LogP contribution < -0.4 is 5.32 Å². The number of carbonyl (C=O) groups is 2. The summed E-state index contributed by atoms with van der Waals surface area (Å²) < 4.78 is 4.84. The number of hydrogen-bond acceptors (Lipinski definition) is 6. The summed E-state index contributed by atoms with van der Waals surface area (Å²) in [5, 5.41) is 4.60. The second kappa shape index (κ2) is 9.46. The highest BCUT2D eigenvalue weighted by Gasteiger charge is 2.15. The van der Waals surface area contributed by atoms with Crippen molar-refractivity contribution in [3.05, 3.63) is 16.1 Å². The standard InChI is InChI=1S/C14H23N3O3S/c1-4-17(5-2)9-7-8-15-12(18)11-10-21-13(16-11)14(19)20-6-3/h10H,4-9H2,1-3H3,(H,15,18). The van der Waals surface area contributed by atoms with Crippen LogP contribution in [0.1, 0.15) is 47.5 Å². The SMILES string of the molecule is CCOC(=O)c1nc(C(=O)NCCCN(CC)CC)cs1. The first kappa shape index (κ1) is 17.6. The number of thiazole rings is 1. The molecule has 1 rings (SSSR count). The van der Waals surface area contributed by atoms with E-state index in [2.05, 4.69) is 29.0 Å². The molecule has 0 saturated heterocycles. The van der Waals surface area contributed by atoms with Crippen molar-refractivity contribution in [2.45, 2.75) is 27.2 Å². The molecular formula is C14H23N3O3S. The Bertz CT molecular complexity index is 458. The van der Waals surface area contributed by atoms with Gasteiger partial charge < -0.3 is 15.0 Å². The molecule has 7 heteroatoms. The van der Waals surface area contributed by atoms with Crippen LogP contribution in [0.15, 0.2) is 5.38 Å². The van der Waals surface area contributed by atoms with Crippen LogP contribution in [0.3, 0.4) is 0 Å². The van der Waals surface area contributed by atoms with Gasteiger partial charge in [-0.15, -0.1) is 11.3 Å². The van der Waals surface area contributed by atoms with Crippen molar-refractivity contribution < 1.29 is 14.3 Å². The van der Waals surface area contributed by atoms with E-state index >= 15 is 0 Å². The largest absolute Gasteiger partial charge is 0.461 e. The highest BCUT2D eigenvalue weighted by Crippen LogP contribution is 2.11. The minimum atomic E-state index is -0.483. The molecule has 0 fully saturated rings. The minimum absolute atomic E-state index is 0.213. The highest BCUT2D eigenvalue weighted by atomic mass is 32.1. The molecule has 1 heterocycles. The van der Waals surface area contributed by atoms with Gasteiger partial charge in [0.15, 0.2) is 0 Å². The van der Waals surface area contributed by atoms with Gasteiger partial charge in [0.2, 0.25) is 5.01 Å². The second-order valence-corrected chi connectivity index (χ2v) is 5.25. The third-order valence-electron chi connectivity index (χ3n) is 3.02. The smallest absolute Gasteiger partial charge is 0.367 e. The van der Waals surface area contributed by atoms with Gasteiger partial charge in [0.05, 0.1) is 6.61 Å². The van der Waals surface area contributed by atoms with Crippen molar-refractivity contribution in [1.82, 2.24) is 15.2 Å². The monoisotopic (exact) mass is 313 g/mol. The van der Waals surface area contributed by atoms with Crippen molar-refractivity contribution in [3.63, 3.8) is 0 Å². The fourth-order valence-corrected chi connectivity index (χ4v) is 2.49. The van der Waals surface area contributed by atoms with Gasteiger partial charge in [-0.25, -0.2) is 9.78 Å². The van der Waals surface area contributed by atoms with E-state index in [9.17, 15) is 9.59 Å². The summed E-state index contributed by atoms with van der Waals surface area (Å²) in [5.74, 6) is -0.732. The number of rotatable bonds is 9. The van der Waals surface area contributed by atoms with Crippen molar-refractivity contribution in [1.29, 1.82) is 0 Å². The molecule has 0 aliphatic heterocycles. The Balaban J connectivity index is 2.37. The number of aromatic nitrogens is 1. The van der Waals surface area contributed by atoms with Crippen molar-refractivity contribution >= 4 is 23.2 Å². The maximum absolute atomic E-state index is 11.9. The topological polar surface area (TPSA) is 71.5 Å². The fraction of sp³-hybridized carbons (Fsp3) is 0.643. The van der Waals surface area contributed by atoms with Crippen LogP contribution in [-0.2, 0) is 4.74 Å². The zero-order valence-corrected chi connectivity index (χ0v) is 13.7. The molecule has 118 valence electrons. The molecule has 1 N–H and O–H groups in total. The normalized spacial score (nSPS) is 10.7. The first-order valence-corrected chi connectivity index (χ1v) is 8.13. The van der Waals surface area contributed by atoms with Gasteiger partial charge >= 0.3 is 5.97 Å². The Hall–Kier alpha value is -1.47. The molecule has 0 spiro atoms. The van der Waals surface area contributed by atoms with Gasteiger partial charge in [-0.1, -0.05) is 13.8 Å². The third kappa shape index (κ3) is 5.81. The summed E-state index contributed by atoms with van der Waals surface area (Å²) in [7, 11) is 0. The van der Waals surface area contributed by atoms with Crippen LogP contribution in [-0.4, -0.2) is 54.5 Å². The van der Waals surface area contributed by atoms with Crippen LogP contribution in [0.4, 0.5) is 0 Å². The average molecular weight is 313 g/mol. The molecule has 0 aliphatic carbocycles. The van der Waals surface area contributed by atoms with Gasteiger partial charge in [0.25, 0.3) is 5.91 Å². The van der Waals surface area contributed by atoms with E-state index in [1.165, 1.54) is 0 Å². The van der Waals surface area contributed by atoms with E-state index in [4.69, 9.17) is 4.74 Å². The Kier molecular flexibility index (Phi) is 7.92. The third-order valence-corrected chi connectivity index (χ3v) is 3.84. The van der Waals surface area contributed by atoms with Crippen LogP contribution in [0.5, 0.6) is 0 Å². The predicted molar refractivity (Wildman–Crippen MR) is 82.8 cm³/mol. The summed E-state index contributed by atoms with van der Waals surface area (Å²) in [5.41, 5.74) is 0.269. The molecule has 0 bridgehead atoms. The van der Waals surface area contributed by atoms with E-state index in [1.54, 1.807) is 12.3 Å². The summed E-state index contributed by atoms with van der Waals surface area (Å²) in [6, 6.07) is 0. The molecule has 0 radical (unpaired) electrons. The maximum atomic E-state index is 11.9. The molecule has 1 amide bonds. The van der Waals surface area contributed by atoms with Crippen molar-refractivity contribution in [2.75, 3.05) is 32.8 Å². The number of nitrogens with one attached hydrogen (secondary N) is 1. The van der Waals surface area contributed by atoms with Crippen molar-refractivity contribution in [3.8, 4) is 0 Å².